The van der Waals surface area contributed by atoms with Gasteiger partial charge in [0.25, 0.3) is 0 Å². The van der Waals surface area contributed by atoms with Crippen molar-refractivity contribution in [3.8, 4) is 0 Å². The van der Waals surface area contributed by atoms with Crippen LogP contribution >= 0.6 is 47.0 Å². The lowest BCUT2D eigenvalue weighted by Gasteiger charge is -2.10. The Hall–Kier alpha value is -3.60. The largest absolute Gasteiger partial charge is 0.337 e. The number of rotatable bonds is 0. The first-order valence-corrected chi connectivity index (χ1v) is 21.4. The van der Waals surface area contributed by atoms with E-state index in [4.69, 9.17) is 41.0 Å². The molecule has 0 radical (unpaired) electrons. The summed E-state index contributed by atoms with van der Waals surface area (Å²) in [5.41, 5.74) is 4.74. The van der Waals surface area contributed by atoms with Crippen molar-refractivity contribution in [3.05, 3.63) is 70.8 Å². The SMILES string of the molecule is CC1=NOC(=N)c2ccccc2C(=N)ON=C(C)CCSCCSCCC(C)=NOC(=N)c2ccccc2C(=N)ON=C(C)CCSCCSCC1. The van der Waals surface area contributed by atoms with Crippen LogP contribution in [0.3, 0.4) is 0 Å². The number of oxime groups is 4. The minimum absolute atomic E-state index is 0.160. The fourth-order valence-electron chi connectivity index (χ4n) is 4.16. The Bertz CT molecular complexity index is 1410. The molecule has 2 aromatic rings. The van der Waals surface area contributed by atoms with E-state index in [0.717, 1.165) is 94.6 Å². The van der Waals surface area contributed by atoms with Crippen LogP contribution in [0.1, 0.15) is 75.6 Å². The summed E-state index contributed by atoms with van der Waals surface area (Å²) in [6, 6.07) is 13.9. The van der Waals surface area contributed by atoms with Gasteiger partial charge in [0.05, 0.1) is 45.1 Å². The van der Waals surface area contributed by atoms with Crippen molar-refractivity contribution in [2.45, 2.75) is 53.4 Å². The van der Waals surface area contributed by atoms with Crippen LogP contribution in [0.15, 0.2) is 69.2 Å². The molecule has 0 saturated heterocycles. The molecule has 0 spiro atoms. The normalized spacial score (nSPS) is 18.4. The molecule has 1 aliphatic heterocycles. The topological polar surface area (TPSA) is 182 Å². The Morgan fingerprint density at radius 1 is 0.385 bits per heavy atom. The number of hydrogen-bond acceptors (Lipinski definition) is 16. The molecule has 3 rings (SSSR count). The van der Waals surface area contributed by atoms with E-state index < -0.39 is 0 Å². The molecule has 2 aromatic carbocycles. The summed E-state index contributed by atoms with van der Waals surface area (Å²) < 4.78 is 0. The Morgan fingerprint density at radius 2 is 0.596 bits per heavy atom. The van der Waals surface area contributed by atoms with Crippen molar-refractivity contribution >= 4 is 93.5 Å². The Kier molecular flexibility index (Phi) is 20.3. The molecule has 280 valence electrons. The van der Waals surface area contributed by atoms with Gasteiger partial charge in [0.1, 0.15) is 0 Å². The van der Waals surface area contributed by atoms with Gasteiger partial charge in [-0.25, -0.2) is 0 Å². The molecule has 1 heterocycles. The van der Waals surface area contributed by atoms with E-state index in [1.165, 1.54) is 0 Å². The minimum atomic E-state index is -0.160. The van der Waals surface area contributed by atoms with Crippen LogP contribution < -0.4 is 0 Å². The fourth-order valence-corrected chi connectivity index (χ4v) is 8.62. The molecule has 1 aliphatic rings. The van der Waals surface area contributed by atoms with Gasteiger partial charge in [0.15, 0.2) is 0 Å². The maximum absolute atomic E-state index is 8.44. The highest BCUT2D eigenvalue weighted by atomic mass is 32.2. The third-order valence-corrected chi connectivity index (χ3v) is 11.6. The van der Waals surface area contributed by atoms with Crippen molar-refractivity contribution in [1.29, 1.82) is 21.6 Å². The van der Waals surface area contributed by atoms with Gasteiger partial charge in [-0.3, -0.25) is 21.6 Å². The van der Waals surface area contributed by atoms with E-state index in [0.29, 0.717) is 22.3 Å². The number of thioether (sulfide) groups is 4. The molecular formula is C36H48N8O4S4. The second-order valence-corrected chi connectivity index (χ2v) is 16.4. The predicted octanol–water partition coefficient (Wildman–Crippen LogP) is 8.77. The van der Waals surface area contributed by atoms with E-state index in [2.05, 4.69) is 20.6 Å². The zero-order valence-electron chi connectivity index (χ0n) is 30.2. The fraction of sp³-hybridized carbons (Fsp3) is 0.444. The molecule has 0 saturated carbocycles. The number of benzene rings is 2. The molecule has 0 fully saturated rings. The van der Waals surface area contributed by atoms with Gasteiger partial charge in [0.2, 0.25) is 23.6 Å². The van der Waals surface area contributed by atoms with Crippen LogP contribution in [-0.2, 0) is 19.4 Å². The monoisotopic (exact) mass is 784 g/mol. The molecule has 52 heavy (non-hydrogen) atoms. The van der Waals surface area contributed by atoms with Gasteiger partial charge in [-0.15, -0.1) is 0 Å². The summed E-state index contributed by atoms with van der Waals surface area (Å²) in [6.45, 7) is 7.51. The molecule has 0 amide bonds. The van der Waals surface area contributed by atoms with Crippen molar-refractivity contribution < 1.29 is 19.4 Å². The van der Waals surface area contributed by atoms with E-state index >= 15 is 0 Å². The van der Waals surface area contributed by atoms with E-state index in [9.17, 15) is 0 Å². The quantitative estimate of drug-likeness (QED) is 0.205. The Morgan fingerprint density at radius 3 is 0.808 bits per heavy atom. The van der Waals surface area contributed by atoms with Crippen LogP contribution in [0.5, 0.6) is 0 Å². The molecular weight excluding hydrogens is 737 g/mol. The van der Waals surface area contributed by atoms with Crippen molar-refractivity contribution in [2.24, 2.45) is 20.6 Å². The highest BCUT2D eigenvalue weighted by Gasteiger charge is 2.16. The van der Waals surface area contributed by atoms with Gasteiger partial charge in [-0.1, -0.05) is 44.9 Å². The molecule has 4 N–H and O–H groups in total. The third kappa shape index (κ3) is 16.4. The van der Waals surface area contributed by atoms with Gasteiger partial charge >= 0.3 is 0 Å². The van der Waals surface area contributed by atoms with Gasteiger partial charge < -0.3 is 19.4 Å². The van der Waals surface area contributed by atoms with Gasteiger partial charge in [0, 0.05) is 23.0 Å². The zero-order chi connectivity index (χ0) is 37.6. The van der Waals surface area contributed by atoms with Crippen molar-refractivity contribution in [1.82, 2.24) is 0 Å². The molecule has 0 bridgehead atoms. The first-order valence-electron chi connectivity index (χ1n) is 16.8. The second kappa shape index (κ2) is 24.6. The number of nitrogens with one attached hydrogen (secondary N) is 4. The summed E-state index contributed by atoms with van der Waals surface area (Å²) in [4.78, 5) is 21.8. The molecule has 0 aliphatic carbocycles. The maximum Gasteiger partial charge on any atom is 0.249 e. The number of hydrogen-bond donors (Lipinski definition) is 4. The van der Waals surface area contributed by atoms with Crippen LogP contribution in [0.25, 0.3) is 0 Å². The second-order valence-electron chi connectivity index (χ2n) is 11.5. The lowest BCUT2D eigenvalue weighted by atomic mass is 10.1. The van der Waals surface area contributed by atoms with E-state index in [1.54, 1.807) is 48.5 Å². The molecule has 0 atom stereocenters. The highest BCUT2D eigenvalue weighted by molar-refractivity contribution is 8.03. The molecule has 0 aromatic heterocycles. The standard InChI is InChI=1S/C36H48N8O4S4/c1-25-13-17-49-21-22-50-18-14-26(2)43-47-35(39)31-11-7-8-12-32(31)36(40)48-44-28(4)16-20-52-24-23-51-19-15-27(3)42-46-34(38)30-10-6-5-9-29(30)33(37)45-41-25/h5-12,37-40H,13-24H2,1-4H3. The van der Waals surface area contributed by atoms with E-state index in [-0.39, 0.29) is 23.6 Å². The summed E-state index contributed by atoms with van der Waals surface area (Å²) in [7, 11) is 0. The van der Waals surface area contributed by atoms with Crippen LogP contribution in [-0.4, -0.2) is 92.5 Å². The lowest BCUT2D eigenvalue weighted by Crippen LogP contribution is -2.12. The zero-order valence-corrected chi connectivity index (χ0v) is 33.4. The van der Waals surface area contributed by atoms with Gasteiger partial charge in [-0.2, -0.15) is 47.0 Å². The van der Waals surface area contributed by atoms with Gasteiger partial charge in [-0.05, 0) is 101 Å². The van der Waals surface area contributed by atoms with Crippen molar-refractivity contribution in [3.63, 3.8) is 0 Å². The maximum atomic E-state index is 8.44. The Labute approximate surface area is 323 Å². The summed E-state index contributed by atoms with van der Waals surface area (Å²) >= 11 is 7.31. The summed E-state index contributed by atoms with van der Waals surface area (Å²) in [5.74, 6) is 6.80. The summed E-state index contributed by atoms with van der Waals surface area (Å²) in [6.07, 6.45) is 2.91. The molecule has 12 nitrogen and oxygen atoms in total. The number of nitrogens with zero attached hydrogens (tertiary/aromatic N) is 4. The highest BCUT2D eigenvalue weighted by Crippen LogP contribution is 2.16. The average Bonchev–Trinajstić information content (AvgIpc) is 3.15. The van der Waals surface area contributed by atoms with Crippen LogP contribution in [0.4, 0.5) is 0 Å². The predicted molar refractivity (Wildman–Crippen MR) is 225 cm³/mol. The third-order valence-electron chi connectivity index (χ3n) is 7.18. The first kappa shape index (κ1) is 42.8. The van der Waals surface area contributed by atoms with E-state index in [1.807, 2.05) is 74.7 Å². The Balaban J connectivity index is 1.60. The van der Waals surface area contributed by atoms with Crippen molar-refractivity contribution in [2.75, 3.05) is 46.0 Å². The number of fused-ring (bicyclic) bond motifs is 2. The lowest BCUT2D eigenvalue weighted by molar-refractivity contribution is 0.320. The first-order chi connectivity index (χ1) is 25.2. The minimum Gasteiger partial charge on any atom is -0.337 e. The molecule has 0 unspecified atom stereocenters. The summed E-state index contributed by atoms with van der Waals surface area (Å²) in [5, 5.41) is 50.4. The van der Waals surface area contributed by atoms with Crippen LogP contribution in [0.2, 0.25) is 0 Å². The molecule has 16 heteroatoms. The smallest absolute Gasteiger partial charge is 0.249 e. The average molecular weight is 785 g/mol. The van der Waals surface area contributed by atoms with Crippen LogP contribution in [0, 0.1) is 21.6 Å².